The fourth-order valence-corrected chi connectivity index (χ4v) is 2.77. The summed E-state index contributed by atoms with van der Waals surface area (Å²) in [5.41, 5.74) is 2.34. The zero-order valence-corrected chi connectivity index (χ0v) is 13.5. The van der Waals surface area contributed by atoms with E-state index in [1.165, 1.54) is 19.1 Å². The van der Waals surface area contributed by atoms with Crippen molar-refractivity contribution in [3.8, 4) is 11.5 Å². The van der Waals surface area contributed by atoms with Gasteiger partial charge in [-0.3, -0.25) is 9.59 Å². The van der Waals surface area contributed by atoms with E-state index in [0.29, 0.717) is 23.7 Å². The Morgan fingerprint density at radius 2 is 1.79 bits per heavy atom. The Labute approximate surface area is 140 Å². The summed E-state index contributed by atoms with van der Waals surface area (Å²) in [7, 11) is 3.04. The number of nitrogens with one attached hydrogen (secondary N) is 1. The molecule has 3 rings (SSSR count). The molecule has 0 fully saturated rings. The van der Waals surface area contributed by atoms with Gasteiger partial charge < -0.3 is 19.7 Å². The number of methoxy groups -OCH3 is 2. The maximum atomic E-state index is 12.4. The van der Waals surface area contributed by atoms with Gasteiger partial charge in [-0.2, -0.15) is 0 Å². The predicted molar refractivity (Wildman–Crippen MR) is 90.7 cm³/mol. The van der Waals surface area contributed by atoms with E-state index in [4.69, 9.17) is 9.47 Å². The van der Waals surface area contributed by atoms with E-state index in [1.807, 2.05) is 24.3 Å². The fourth-order valence-electron chi connectivity index (χ4n) is 2.77. The second-order valence-corrected chi connectivity index (χ2v) is 5.36. The lowest BCUT2D eigenvalue weighted by atomic mass is 10.2. The maximum Gasteiger partial charge on any atom is 0.316 e. The number of fused-ring (bicyclic) bond motifs is 1. The molecule has 0 aliphatic carbocycles. The van der Waals surface area contributed by atoms with Crippen LogP contribution >= 0.6 is 0 Å². The quantitative estimate of drug-likeness (QED) is 0.878. The lowest BCUT2D eigenvalue weighted by Crippen LogP contribution is -2.38. The second kappa shape index (κ2) is 6.62. The number of anilines is 2. The van der Waals surface area contributed by atoms with E-state index in [9.17, 15) is 9.59 Å². The minimum absolute atomic E-state index is 0.471. The van der Waals surface area contributed by atoms with Crippen molar-refractivity contribution in [1.29, 1.82) is 0 Å². The number of benzene rings is 2. The van der Waals surface area contributed by atoms with Crippen LogP contribution in [0.15, 0.2) is 42.5 Å². The van der Waals surface area contributed by atoms with Gasteiger partial charge in [-0.15, -0.1) is 0 Å². The molecule has 6 nitrogen and oxygen atoms in total. The van der Waals surface area contributed by atoms with Crippen molar-refractivity contribution in [3.05, 3.63) is 48.0 Å². The monoisotopic (exact) mass is 326 g/mol. The fraction of sp³-hybridized carbons (Fsp3) is 0.222. The van der Waals surface area contributed by atoms with Crippen LogP contribution in [0.5, 0.6) is 11.5 Å². The minimum Gasteiger partial charge on any atom is -0.493 e. The van der Waals surface area contributed by atoms with E-state index in [1.54, 1.807) is 18.2 Å². The van der Waals surface area contributed by atoms with Gasteiger partial charge in [0, 0.05) is 24.0 Å². The Morgan fingerprint density at radius 3 is 2.54 bits per heavy atom. The zero-order valence-electron chi connectivity index (χ0n) is 13.5. The van der Waals surface area contributed by atoms with Crippen LogP contribution in [0.2, 0.25) is 0 Å². The maximum absolute atomic E-state index is 12.4. The molecule has 2 aromatic carbocycles. The molecule has 0 saturated carbocycles. The summed E-state index contributed by atoms with van der Waals surface area (Å²) in [4.78, 5) is 26.2. The molecule has 0 radical (unpaired) electrons. The van der Waals surface area contributed by atoms with E-state index in [2.05, 4.69) is 5.32 Å². The molecular weight excluding hydrogens is 308 g/mol. The molecule has 1 aliphatic rings. The number of amides is 2. The van der Waals surface area contributed by atoms with Crippen molar-refractivity contribution in [2.24, 2.45) is 0 Å². The van der Waals surface area contributed by atoms with Crippen molar-refractivity contribution >= 4 is 23.2 Å². The topological polar surface area (TPSA) is 67.9 Å². The Balaban J connectivity index is 1.75. The van der Waals surface area contributed by atoms with Crippen LogP contribution in [0.3, 0.4) is 0 Å². The van der Waals surface area contributed by atoms with Crippen molar-refractivity contribution in [2.45, 2.75) is 6.42 Å². The number of rotatable bonds is 3. The van der Waals surface area contributed by atoms with Crippen LogP contribution in [0.25, 0.3) is 0 Å². The summed E-state index contributed by atoms with van der Waals surface area (Å²) in [6.07, 6.45) is 0.756. The van der Waals surface area contributed by atoms with Crippen molar-refractivity contribution in [3.63, 3.8) is 0 Å². The molecule has 0 aromatic heterocycles. The summed E-state index contributed by atoms with van der Waals surface area (Å²) < 4.78 is 10.3. The minimum atomic E-state index is -0.682. The molecule has 1 N–H and O–H groups in total. The lowest BCUT2D eigenvalue weighted by molar-refractivity contribution is -0.134. The van der Waals surface area contributed by atoms with Crippen molar-refractivity contribution in [2.75, 3.05) is 31.0 Å². The molecule has 1 aliphatic heterocycles. The summed E-state index contributed by atoms with van der Waals surface area (Å²) in [6.45, 7) is 0.511. The third-order valence-electron chi connectivity index (χ3n) is 3.97. The van der Waals surface area contributed by atoms with Gasteiger partial charge in [-0.05, 0) is 30.2 Å². The Hall–Kier alpha value is -3.02. The average molecular weight is 326 g/mol. The number of para-hydroxylation sites is 1. The molecule has 2 amide bonds. The third kappa shape index (κ3) is 2.90. The zero-order chi connectivity index (χ0) is 17.1. The molecule has 0 atom stereocenters. The standard InChI is InChI=1S/C18H18N2O4/c1-23-15-8-7-13(11-16(15)24-2)19-17(21)18(22)20-10-9-12-5-3-4-6-14(12)20/h3-8,11H,9-10H2,1-2H3,(H,19,21). The molecule has 2 aromatic rings. The highest BCUT2D eigenvalue weighted by Gasteiger charge is 2.29. The highest BCUT2D eigenvalue weighted by molar-refractivity contribution is 6.44. The van der Waals surface area contributed by atoms with Gasteiger partial charge >= 0.3 is 11.8 Å². The van der Waals surface area contributed by atoms with Crippen LogP contribution in [0.1, 0.15) is 5.56 Å². The number of carbonyl (C=O) groups excluding carboxylic acids is 2. The van der Waals surface area contributed by atoms with Crippen LogP contribution in [0, 0.1) is 0 Å². The first-order valence-electron chi connectivity index (χ1n) is 7.57. The summed E-state index contributed by atoms with van der Waals surface area (Å²) in [5, 5.41) is 2.61. The SMILES string of the molecule is COc1ccc(NC(=O)C(=O)N2CCc3ccccc32)cc1OC. The van der Waals surface area contributed by atoms with Crippen molar-refractivity contribution < 1.29 is 19.1 Å². The van der Waals surface area contributed by atoms with Crippen LogP contribution in [-0.2, 0) is 16.0 Å². The second-order valence-electron chi connectivity index (χ2n) is 5.36. The number of hydrogen-bond acceptors (Lipinski definition) is 4. The summed E-state index contributed by atoms with van der Waals surface area (Å²) in [6, 6.07) is 12.5. The van der Waals surface area contributed by atoms with Gasteiger partial charge in [-0.1, -0.05) is 18.2 Å². The van der Waals surface area contributed by atoms with Crippen LogP contribution < -0.4 is 19.7 Å². The van der Waals surface area contributed by atoms with Gasteiger partial charge in [0.25, 0.3) is 0 Å². The number of hydrogen-bond donors (Lipinski definition) is 1. The average Bonchev–Trinajstić information content (AvgIpc) is 3.04. The number of ether oxygens (including phenoxy) is 2. The van der Waals surface area contributed by atoms with Crippen LogP contribution in [-0.4, -0.2) is 32.6 Å². The number of carbonyl (C=O) groups is 2. The molecule has 0 unspecified atom stereocenters. The molecule has 0 spiro atoms. The summed E-state index contributed by atoms with van der Waals surface area (Å²) >= 11 is 0. The highest BCUT2D eigenvalue weighted by atomic mass is 16.5. The molecular formula is C18H18N2O4. The number of nitrogens with zero attached hydrogens (tertiary/aromatic N) is 1. The normalized spacial score (nSPS) is 12.5. The van der Waals surface area contributed by atoms with Gasteiger partial charge in [0.1, 0.15) is 0 Å². The van der Waals surface area contributed by atoms with Gasteiger partial charge in [0.2, 0.25) is 0 Å². The van der Waals surface area contributed by atoms with Gasteiger partial charge in [-0.25, -0.2) is 0 Å². The first kappa shape index (κ1) is 15.9. The molecule has 1 heterocycles. The first-order valence-corrected chi connectivity index (χ1v) is 7.57. The predicted octanol–water partition coefficient (Wildman–Crippen LogP) is 2.23. The van der Waals surface area contributed by atoms with Crippen molar-refractivity contribution in [1.82, 2.24) is 0 Å². The molecule has 0 saturated heterocycles. The molecule has 24 heavy (non-hydrogen) atoms. The van der Waals surface area contributed by atoms with Gasteiger partial charge in [0.05, 0.1) is 14.2 Å². The Bertz CT molecular complexity index is 788. The smallest absolute Gasteiger partial charge is 0.316 e. The summed E-state index contributed by atoms with van der Waals surface area (Å²) in [5.74, 6) is -0.224. The van der Waals surface area contributed by atoms with E-state index < -0.39 is 11.8 Å². The highest BCUT2D eigenvalue weighted by Crippen LogP contribution is 2.30. The first-order chi connectivity index (χ1) is 11.6. The van der Waals surface area contributed by atoms with E-state index >= 15 is 0 Å². The van der Waals surface area contributed by atoms with Crippen LogP contribution in [0.4, 0.5) is 11.4 Å². The largest absolute Gasteiger partial charge is 0.493 e. The lowest BCUT2D eigenvalue weighted by Gasteiger charge is -2.17. The third-order valence-corrected chi connectivity index (χ3v) is 3.97. The molecule has 124 valence electrons. The van der Waals surface area contributed by atoms with E-state index in [0.717, 1.165) is 17.7 Å². The molecule has 6 heteroatoms. The Morgan fingerprint density at radius 1 is 1.04 bits per heavy atom. The van der Waals surface area contributed by atoms with E-state index in [-0.39, 0.29) is 0 Å². The Kier molecular flexibility index (Phi) is 4.37. The van der Waals surface area contributed by atoms with Gasteiger partial charge in [0.15, 0.2) is 11.5 Å². The molecule has 0 bridgehead atoms.